The van der Waals surface area contributed by atoms with Crippen LogP contribution in [0.5, 0.6) is 0 Å². The molecule has 0 unspecified atom stereocenters. The van der Waals surface area contributed by atoms with E-state index < -0.39 is 0 Å². The van der Waals surface area contributed by atoms with Crippen molar-refractivity contribution in [2.75, 3.05) is 5.73 Å². The minimum Gasteiger partial charge on any atom is -0.366 e. The highest BCUT2D eigenvalue weighted by Crippen LogP contribution is 2.31. The average molecular weight is 413 g/mol. The summed E-state index contributed by atoms with van der Waals surface area (Å²) in [5.41, 5.74) is 11.8. The van der Waals surface area contributed by atoms with E-state index in [1.165, 1.54) is 5.56 Å². The van der Waals surface area contributed by atoms with Gasteiger partial charge in [-0.15, -0.1) is 5.10 Å². The molecule has 0 aliphatic carbocycles. The van der Waals surface area contributed by atoms with E-state index in [1.807, 2.05) is 40.2 Å². The van der Waals surface area contributed by atoms with Gasteiger partial charge in [0, 0.05) is 47.4 Å². The third-order valence-electron chi connectivity index (χ3n) is 5.54. The number of aryl methyl sites for hydroxylation is 1. The normalized spacial score (nSPS) is 12.5. The van der Waals surface area contributed by atoms with Crippen LogP contribution < -0.4 is 5.73 Å². The number of aromatic nitrogens is 7. The molecule has 31 heavy (non-hydrogen) atoms. The molecule has 4 aromatic heterocycles. The van der Waals surface area contributed by atoms with Crippen LogP contribution in [0.1, 0.15) is 31.9 Å². The van der Waals surface area contributed by atoms with Crippen LogP contribution in [0.2, 0.25) is 0 Å². The van der Waals surface area contributed by atoms with Crippen molar-refractivity contribution in [1.29, 1.82) is 0 Å². The van der Waals surface area contributed by atoms with Crippen LogP contribution in [0.3, 0.4) is 0 Å². The summed E-state index contributed by atoms with van der Waals surface area (Å²) in [6, 6.07) is 12.7. The molecule has 5 rings (SSSR count). The number of nitrogens with zero attached hydrogens (tertiary/aromatic N) is 7. The molecule has 4 heterocycles. The quantitative estimate of drug-likeness (QED) is 0.454. The second-order valence-corrected chi connectivity index (χ2v) is 7.51. The van der Waals surface area contributed by atoms with Crippen molar-refractivity contribution in [3.8, 4) is 22.3 Å². The predicted molar refractivity (Wildman–Crippen MR) is 120 cm³/mol. The number of hydrogen-bond donors (Lipinski definition) is 1. The number of anilines is 1. The van der Waals surface area contributed by atoms with Crippen molar-refractivity contribution in [2.24, 2.45) is 0 Å². The van der Waals surface area contributed by atoms with Gasteiger partial charge in [0.15, 0.2) is 5.65 Å². The molecule has 0 fully saturated rings. The second kappa shape index (κ2) is 7.71. The van der Waals surface area contributed by atoms with Gasteiger partial charge >= 0.3 is 0 Å². The van der Waals surface area contributed by atoms with Gasteiger partial charge in [-0.05, 0) is 25.0 Å². The van der Waals surface area contributed by atoms with Gasteiger partial charge in [0.05, 0.1) is 18.4 Å². The van der Waals surface area contributed by atoms with E-state index in [1.54, 1.807) is 4.52 Å². The fourth-order valence-corrected chi connectivity index (χ4v) is 3.96. The van der Waals surface area contributed by atoms with Gasteiger partial charge in [-0.25, -0.2) is 4.52 Å². The van der Waals surface area contributed by atoms with Crippen molar-refractivity contribution in [1.82, 2.24) is 34.2 Å². The molecule has 8 heteroatoms. The van der Waals surface area contributed by atoms with E-state index >= 15 is 0 Å². The minimum absolute atomic E-state index is 0.183. The first-order valence-corrected chi connectivity index (χ1v) is 10.4. The van der Waals surface area contributed by atoms with E-state index in [-0.39, 0.29) is 12.0 Å². The van der Waals surface area contributed by atoms with Crippen molar-refractivity contribution < 1.29 is 0 Å². The van der Waals surface area contributed by atoms with Gasteiger partial charge < -0.3 is 5.73 Å². The Balaban J connectivity index is 1.59. The molecule has 1 atom stereocenters. The van der Waals surface area contributed by atoms with Crippen LogP contribution in [-0.4, -0.2) is 34.2 Å². The lowest BCUT2D eigenvalue weighted by atomic mass is 10.0. The Bertz CT molecular complexity index is 1330. The first kappa shape index (κ1) is 19.0. The first-order chi connectivity index (χ1) is 15.2. The summed E-state index contributed by atoms with van der Waals surface area (Å²) in [6.45, 7) is 5.03. The Morgan fingerprint density at radius 2 is 1.74 bits per heavy atom. The molecule has 8 nitrogen and oxygen atoms in total. The van der Waals surface area contributed by atoms with Crippen molar-refractivity contribution in [2.45, 2.75) is 32.9 Å². The van der Waals surface area contributed by atoms with Gasteiger partial charge in [-0.3, -0.25) is 9.36 Å². The molecular formula is C23H24N8. The monoisotopic (exact) mass is 412 g/mol. The molecule has 0 saturated heterocycles. The zero-order valence-corrected chi connectivity index (χ0v) is 17.6. The molecule has 0 amide bonds. The topological polar surface area (TPSA) is 91.8 Å². The number of benzene rings is 1. The fourth-order valence-electron chi connectivity index (χ4n) is 3.96. The molecule has 0 radical (unpaired) electrons. The Morgan fingerprint density at radius 3 is 2.48 bits per heavy atom. The number of fused-ring (bicyclic) bond motifs is 1. The summed E-state index contributed by atoms with van der Waals surface area (Å²) in [5.74, 6) is 0.243. The molecule has 0 aliphatic rings. The average Bonchev–Trinajstić information content (AvgIpc) is 3.53. The summed E-state index contributed by atoms with van der Waals surface area (Å²) in [5, 5.41) is 13.4. The molecule has 0 bridgehead atoms. The maximum atomic E-state index is 5.90. The number of nitrogen functional groups attached to an aromatic ring is 1. The van der Waals surface area contributed by atoms with Gasteiger partial charge in [-0.2, -0.15) is 15.2 Å². The fraction of sp³-hybridized carbons (Fsp3) is 0.217. The first-order valence-electron chi connectivity index (χ1n) is 10.4. The maximum Gasteiger partial charge on any atom is 0.240 e. The Morgan fingerprint density at radius 1 is 0.935 bits per heavy atom. The van der Waals surface area contributed by atoms with Crippen LogP contribution in [0.15, 0.2) is 67.4 Å². The van der Waals surface area contributed by atoms with Crippen molar-refractivity contribution in [3.63, 3.8) is 0 Å². The van der Waals surface area contributed by atoms with Gasteiger partial charge in [0.2, 0.25) is 5.95 Å². The summed E-state index contributed by atoms with van der Waals surface area (Å²) >= 11 is 0. The highest BCUT2D eigenvalue weighted by Gasteiger charge is 2.16. The van der Waals surface area contributed by atoms with E-state index in [4.69, 9.17) is 5.73 Å². The lowest BCUT2D eigenvalue weighted by molar-refractivity contribution is 0.509. The van der Waals surface area contributed by atoms with Crippen LogP contribution in [0, 0.1) is 0 Å². The largest absolute Gasteiger partial charge is 0.366 e. The summed E-state index contributed by atoms with van der Waals surface area (Å²) in [4.78, 5) is 4.42. The second-order valence-electron chi connectivity index (χ2n) is 7.51. The van der Waals surface area contributed by atoms with Crippen molar-refractivity contribution in [3.05, 3.63) is 72.9 Å². The van der Waals surface area contributed by atoms with E-state index in [0.717, 1.165) is 35.2 Å². The van der Waals surface area contributed by atoms with Crippen LogP contribution in [0.25, 0.3) is 27.9 Å². The number of rotatable bonds is 6. The predicted octanol–water partition coefficient (Wildman–Crippen LogP) is 4.06. The maximum absolute atomic E-state index is 5.90. The molecule has 1 aromatic carbocycles. The van der Waals surface area contributed by atoms with Crippen LogP contribution in [0.4, 0.5) is 5.95 Å². The zero-order valence-electron chi connectivity index (χ0n) is 17.6. The smallest absolute Gasteiger partial charge is 0.240 e. The van der Waals surface area contributed by atoms with E-state index in [2.05, 4.69) is 70.7 Å². The third kappa shape index (κ3) is 3.46. The SMILES string of the molecule is CC[C@@H](c1ccccc1)n1cc(-c2cc(-c3cnn(CC)c3)c3nc(N)nn3c2)cn1. The zero-order chi connectivity index (χ0) is 21.4. The Hall–Kier alpha value is -3.94. The lowest BCUT2D eigenvalue weighted by Crippen LogP contribution is -2.09. The number of nitrogens with two attached hydrogens (primary N) is 1. The molecule has 5 aromatic rings. The van der Waals surface area contributed by atoms with Crippen molar-refractivity contribution >= 4 is 11.6 Å². The third-order valence-corrected chi connectivity index (χ3v) is 5.54. The number of pyridine rings is 1. The van der Waals surface area contributed by atoms with Gasteiger partial charge in [-0.1, -0.05) is 37.3 Å². The van der Waals surface area contributed by atoms with E-state index in [9.17, 15) is 0 Å². The standard InChI is InChI=1S/C23H24N8/c1-3-21(16-8-6-5-7-9-16)30-15-18(11-26-30)17-10-20(19-12-25-29(4-2)13-19)22-27-23(24)28-31(22)14-17/h5-15,21H,3-4H2,1-2H3,(H2,24,28)/t21-/m0/s1. The van der Waals surface area contributed by atoms with E-state index in [0.29, 0.717) is 5.65 Å². The summed E-state index contributed by atoms with van der Waals surface area (Å²) in [7, 11) is 0. The Kier molecular flexibility index (Phi) is 4.74. The lowest BCUT2D eigenvalue weighted by Gasteiger charge is -2.15. The van der Waals surface area contributed by atoms with Gasteiger partial charge in [0.25, 0.3) is 0 Å². The van der Waals surface area contributed by atoms with Crippen LogP contribution in [-0.2, 0) is 6.54 Å². The number of hydrogen-bond acceptors (Lipinski definition) is 5. The molecule has 2 N–H and O–H groups in total. The summed E-state index contributed by atoms with van der Waals surface area (Å²) < 4.78 is 5.65. The summed E-state index contributed by atoms with van der Waals surface area (Å²) in [6.07, 6.45) is 10.7. The minimum atomic E-state index is 0.183. The molecule has 0 aliphatic heterocycles. The molecule has 156 valence electrons. The molecule has 0 saturated carbocycles. The Labute approximate surface area is 180 Å². The molecule has 0 spiro atoms. The highest BCUT2D eigenvalue weighted by atomic mass is 15.3. The highest BCUT2D eigenvalue weighted by molar-refractivity contribution is 5.81. The van der Waals surface area contributed by atoms with Crippen LogP contribution >= 0.6 is 0 Å². The van der Waals surface area contributed by atoms with Gasteiger partial charge in [0.1, 0.15) is 0 Å². The molecular weight excluding hydrogens is 388 g/mol.